The van der Waals surface area contributed by atoms with Gasteiger partial charge in [-0.2, -0.15) is 0 Å². The summed E-state index contributed by atoms with van der Waals surface area (Å²) in [7, 11) is 0. The monoisotopic (exact) mass is 322 g/mol. The lowest BCUT2D eigenvalue weighted by Crippen LogP contribution is -2.05. The Kier molecular flexibility index (Phi) is 4.25. The Morgan fingerprint density at radius 3 is 2.55 bits per heavy atom. The molecule has 1 nitrogen and oxygen atoms in total. The molecule has 102 valence electrons. The molecule has 0 N–H and O–H groups in total. The van der Waals surface area contributed by atoms with E-state index in [0.717, 1.165) is 27.1 Å². The number of hydrogen-bond acceptors (Lipinski definition) is 2. The predicted molar refractivity (Wildman–Crippen MR) is 87.1 cm³/mol. The standard InChI is InChI=1S/C16H12Cl2OS/c17-12-1-4-14(5-2-12)20-10-11-7-8-19-16-6-3-13(18)9-15(11)16/h1-7,9H,8,10H2. The first kappa shape index (κ1) is 13.9. The van der Waals surface area contributed by atoms with E-state index in [2.05, 4.69) is 6.08 Å². The molecule has 0 atom stereocenters. The van der Waals surface area contributed by atoms with Crippen LogP contribution in [-0.2, 0) is 0 Å². The van der Waals surface area contributed by atoms with Gasteiger partial charge in [0.15, 0.2) is 0 Å². The van der Waals surface area contributed by atoms with Gasteiger partial charge in [0.1, 0.15) is 12.4 Å². The van der Waals surface area contributed by atoms with E-state index >= 15 is 0 Å². The van der Waals surface area contributed by atoms with Gasteiger partial charge in [-0.15, -0.1) is 11.8 Å². The molecular weight excluding hydrogens is 311 g/mol. The van der Waals surface area contributed by atoms with Gasteiger partial charge in [-0.05, 0) is 54.1 Å². The number of benzene rings is 2. The molecule has 2 aromatic carbocycles. The lowest BCUT2D eigenvalue weighted by molar-refractivity contribution is 0.357. The van der Waals surface area contributed by atoms with Gasteiger partial charge >= 0.3 is 0 Å². The van der Waals surface area contributed by atoms with Gasteiger partial charge in [-0.3, -0.25) is 0 Å². The second-order valence-electron chi connectivity index (χ2n) is 4.42. The number of rotatable bonds is 3. The number of halogens is 2. The lowest BCUT2D eigenvalue weighted by atomic mass is 10.0. The summed E-state index contributed by atoms with van der Waals surface area (Å²) in [5.41, 5.74) is 2.35. The average Bonchev–Trinajstić information content (AvgIpc) is 2.47. The fourth-order valence-corrected chi connectivity index (χ4v) is 3.27. The fraction of sp³-hybridized carbons (Fsp3) is 0.125. The Bertz CT molecular complexity index is 650. The highest BCUT2D eigenvalue weighted by atomic mass is 35.5. The van der Waals surface area contributed by atoms with Crippen molar-refractivity contribution in [2.45, 2.75) is 4.90 Å². The van der Waals surface area contributed by atoms with Gasteiger partial charge in [0, 0.05) is 26.3 Å². The summed E-state index contributed by atoms with van der Waals surface area (Å²) in [5, 5.41) is 1.49. The summed E-state index contributed by atoms with van der Waals surface area (Å²) in [5.74, 6) is 1.79. The number of fused-ring (bicyclic) bond motifs is 1. The normalized spacial score (nSPS) is 13.4. The van der Waals surface area contributed by atoms with Crippen molar-refractivity contribution in [2.75, 3.05) is 12.4 Å². The molecule has 0 radical (unpaired) electrons. The van der Waals surface area contributed by atoms with Crippen LogP contribution in [-0.4, -0.2) is 12.4 Å². The van der Waals surface area contributed by atoms with Crippen LogP contribution in [0.2, 0.25) is 10.0 Å². The largest absolute Gasteiger partial charge is 0.489 e. The zero-order valence-electron chi connectivity index (χ0n) is 10.6. The number of ether oxygens (including phenoxy) is 1. The summed E-state index contributed by atoms with van der Waals surface area (Å²) in [4.78, 5) is 1.20. The van der Waals surface area contributed by atoms with E-state index in [-0.39, 0.29) is 0 Å². The third kappa shape index (κ3) is 3.14. The van der Waals surface area contributed by atoms with Gasteiger partial charge in [-0.25, -0.2) is 0 Å². The quantitative estimate of drug-likeness (QED) is 0.684. The van der Waals surface area contributed by atoms with Crippen molar-refractivity contribution in [1.29, 1.82) is 0 Å². The van der Waals surface area contributed by atoms with Crippen molar-refractivity contribution in [1.82, 2.24) is 0 Å². The molecule has 0 aliphatic carbocycles. The minimum Gasteiger partial charge on any atom is -0.489 e. The predicted octanol–water partition coefficient (Wildman–Crippen LogP) is 5.56. The van der Waals surface area contributed by atoms with E-state index < -0.39 is 0 Å². The molecule has 0 saturated heterocycles. The first-order valence-electron chi connectivity index (χ1n) is 6.22. The molecule has 0 spiro atoms. The third-order valence-corrected chi connectivity index (χ3v) is 4.61. The zero-order chi connectivity index (χ0) is 13.9. The molecule has 4 heteroatoms. The molecule has 0 saturated carbocycles. The van der Waals surface area contributed by atoms with Crippen molar-refractivity contribution < 1.29 is 4.74 Å². The molecule has 0 bridgehead atoms. The summed E-state index contributed by atoms with van der Waals surface area (Å²) in [6, 6.07) is 13.6. The highest BCUT2D eigenvalue weighted by Crippen LogP contribution is 2.35. The maximum atomic E-state index is 6.07. The maximum Gasteiger partial charge on any atom is 0.127 e. The van der Waals surface area contributed by atoms with E-state index in [0.29, 0.717) is 6.61 Å². The van der Waals surface area contributed by atoms with Gasteiger partial charge in [0.05, 0.1) is 0 Å². The Morgan fingerprint density at radius 2 is 1.75 bits per heavy atom. The zero-order valence-corrected chi connectivity index (χ0v) is 12.9. The van der Waals surface area contributed by atoms with Crippen molar-refractivity contribution in [3.05, 3.63) is 64.1 Å². The highest BCUT2D eigenvalue weighted by molar-refractivity contribution is 7.99. The maximum absolute atomic E-state index is 6.07. The van der Waals surface area contributed by atoms with Crippen LogP contribution in [0.5, 0.6) is 5.75 Å². The van der Waals surface area contributed by atoms with Crippen LogP contribution in [0.25, 0.3) is 5.57 Å². The molecular formula is C16H12Cl2OS. The van der Waals surface area contributed by atoms with Crippen molar-refractivity contribution in [2.24, 2.45) is 0 Å². The van der Waals surface area contributed by atoms with E-state index in [1.165, 1.54) is 10.5 Å². The summed E-state index contributed by atoms with van der Waals surface area (Å²) >= 11 is 13.7. The molecule has 1 aliphatic heterocycles. The molecule has 2 aromatic rings. The van der Waals surface area contributed by atoms with E-state index in [4.69, 9.17) is 27.9 Å². The van der Waals surface area contributed by atoms with Crippen molar-refractivity contribution in [3.8, 4) is 5.75 Å². The van der Waals surface area contributed by atoms with Crippen LogP contribution in [0.3, 0.4) is 0 Å². The second-order valence-corrected chi connectivity index (χ2v) is 6.35. The molecule has 0 fully saturated rings. The van der Waals surface area contributed by atoms with Gasteiger partial charge in [0.25, 0.3) is 0 Å². The van der Waals surface area contributed by atoms with Gasteiger partial charge in [0.2, 0.25) is 0 Å². The number of thioether (sulfide) groups is 1. The molecule has 0 unspecified atom stereocenters. The van der Waals surface area contributed by atoms with Crippen molar-refractivity contribution >= 4 is 40.5 Å². The van der Waals surface area contributed by atoms with Gasteiger partial charge < -0.3 is 4.74 Å². The second kappa shape index (κ2) is 6.13. The van der Waals surface area contributed by atoms with Crippen LogP contribution in [0.4, 0.5) is 0 Å². The Hall–Kier alpha value is -1.09. The molecule has 20 heavy (non-hydrogen) atoms. The SMILES string of the molecule is Clc1ccc(SCC2=CCOc3ccc(Cl)cc32)cc1. The first-order chi connectivity index (χ1) is 9.72. The van der Waals surface area contributed by atoms with E-state index in [9.17, 15) is 0 Å². The summed E-state index contributed by atoms with van der Waals surface area (Å²) in [6.45, 7) is 0.616. The third-order valence-electron chi connectivity index (χ3n) is 3.06. The molecule has 0 aromatic heterocycles. The minimum atomic E-state index is 0.616. The van der Waals surface area contributed by atoms with Crippen LogP contribution >= 0.6 is 35.0 Å². The average molecular weight is 323 g/mol. The smallest absolute Gasteiger partial charge is 0.127 e. The van der Waals surface area contributed by atoms with Crippen molar-refractivity contribution in [3.63, 3.8) is 0 Å². The molecule has 0 amide bonds. The molecule has 1 heterocycles. The Balaban J connectivity index is 1.77. The fourth-order valence-electron chi connectivity index (χ4n) is 2.05. The first-order valence-corrected chi connectivity index (χ1v) is 7.96. The van der Waals surface area contributed by atoms with E-state index in [1.54, 1.807) is 11.8 Å². The Labute approximate surface area is 132 Å². The summed E-state index contributed by atoms with van der Waals surface area (Å²) in [6.07, 6.45) is 2.11. The van der Waals surface area contributed by atoms with E-state index in [1.807, 2.05) is 42.5 Å². The van der Waals surface area contributed by atoms with Crippen LogP contribution in [0, 0.1) is 0 Å². The number of hydrogen-bond donors (Lipinski definition) is 0. The van der Waals surface area contributed by atoms with Gasteiger partial charge in [-0.1, -0.05) is 23.2 Å². The van der Waals surface area contributed by atoms with Crippen LogP contribution in [0.1, 0.15) is 5.56 Å². The highest BCUT2D eigenvalue weighted by Gasteiger charge is 2.14. The van der Waals surface area contributed by atoms with Crippen LogP contribution in [0.15, 0.2) is 53.4 Å². The lowest BCUT2D eigenvalue weighted by Gasteiger charge is -2.18. The Morgan fingerprint density at radius 1 is 1.00 bits per heavy atom. The summed E-state index contributed by atoms with van der Waals surface area (Å²) < 4.78 is 5.61. The molecule has 1 aliphatic rings. The molecule has 3 rings (SSSR count). The van der Waals surface area contributed by atoms with Crippen LogP contribution < -0.4 is 4.74 Å². The minimum absolute atomic E-state index is 0.616. The topological polar surface area (TPSA) is 9.23 Å².